The number of carbonyl (C=O) groups excluding carboxylic acids is 1. The SMILES string of the molecule is CCOc1cc(C(=O)N(C)CC(C)(C)CN)c([N+](=O)[O-])cc1OC. The van der Waals surface area contributed by atoms with Crippen LogP contribution in [-0.2, 0) is 0 Å². The fourth-order valence-corrected chi connectivity index (χ4v) is 2.28. The van der Waals surface area contributed by atoms with Gasteiger partial charge in [0.15, 0.2) is 11.5 Å². The Balaban J connectivity index is 3.31. The highest BCUT2D eigenvalue weighted by Gasteiger charge is 2.29. The number of methoxy groups -OCH3 is 1. The van der Waals surface area contributed by atoms with Crippen molar-refractivity contribution in [3.05, 3.63) is 27.8 Å². The monoisotopic (exact) mass is 339 g/mol. The molecule has 0 bridgehead atoms. The number of nitrogens with zero attached hydrogens (tertiary/aromatic N) is 2. The number of ether oxygens (including phenoxy) is 2. The van der Waals surface area contributed by atoms with E-state index < -0.39 is 10.8 Å². The van der Waals surface area contributed by atoms with Crippen molar-refractivity contribution in [2.24, 2.45) is 11.1 Å². The molecule has 1 rings (SSSR count). The molecule has 2 N–H and O–H groups in total. The van der Waals surface area contributed by atoms with Crippen LogP contribution in [0.2, 0.25) is 0 Å². The molecule has 0 aliphatic heterocycles. The smallest absolute Gasteiger partial charge is 0.286 e. The van der Waals surface area contributed by atoms with Crippen molar-refractivity contribution in [1.29, 1.82) is 0 Å². The maximum Gasteiger partial charge on any atom is 0.286 e. The van der Waals surface area contributed by atoms with Crippen molar-refractivity contribution >= 4 is 11.6 Å². The van der Waals surface area contributed by atoms with E-state index in [0.717, 1.165) is 0 Å². The van der Waals surface area contributed by atoms with Gasteiger partial charge in [-0.05, 0) is 18.9 Å². The minimum absolute atomic E-state index is 0.0421. The van der Waals surface area contributed by atoms with Crippen LogP contribution in [0.1, 0.15) is 31.1 Å². The highest BCUT2D eigenvalue weighted by Crippen LogP contribution is 2.35. The zero-order chi connectivity index (χ0) is 18.5. The van der Waals surface area contributed by atoms with Gasteiger partial charge in [0.2, 0.25) is 0 Å². The predicted octanol–water partition coefficient (Wildman–Crippen LogP) is 2.06. The average molecular weight is 339 g/mol. The van der Waals surface area contributed by atoms with Crippen molar-refractivity contribution in [3.8, 4) is 11.5 Å². The molecule has 0 radical (unpaired) electrons. The third-order valence-corrected chi connectivity index (χ3v) is 3.57. The van der Waals surface area contributed by atoms with E-state index in [4.69, 9.17) is 15.2 Å². The summed E-state index contributed by atoms with van der Waals surface area (Å²) in [6, 6.07) is 2.56. The molecule has 1 aromatic carbocycles. The van der Waals surface area contributed by atoms with Crippen LogP contribution in [-0.4, -0.2) is 49.6 Å². The van der Waals surface area contributed by atoms with Gasteiger partial charge >= 0.3 is 0 Å². The Morgan fingerprint density at radius 3 is 2.46 bits per heavy atom. The zero-order valence-corrected chi connectivity index (χ0v) is 14.8. The molecule has 8 nitrogen and oxygen atoms in total. The molecule has 0 saturated carbocycles. The second kappa shape index (κ2) is 7.96. The average Bonchev–Trinajstić information content (AvgIpc) is 2.53. The first kappa shape index (κ1) is 19.7. The van der Waals surface area contributed by atoms with Crippen LogP contribution in [0, 0.1) is 15.5 Å². The Kier molecular flexibility index (Phi) is 6.53. The first-order valence-corrected chi connectivity index (χ1v) is 7.61. The molecular weight excluding hydrogens is 314 g/mol. The fourth-order valence-electron chi connectivity index (χ4n) is 2.28. The van der Waals surface area contributed by atoms with Gasteiger partial charge < -0.3 is 20.1 Å². The third kappa shape index (κ3) is 4.58. The number of carbonyl (C=O) groups is 1. The lowest BCUT2D eigenvalue weighted by atomic mass is 9.93. The molecule has 0 aliphatic carbocycles. The summed E-state index contributed by atoms with van der Waals surface area (Å²) < 4.78 is 10.5. The molecule has 0 aliphatic rings. The molecule has 134 valence electrons. The van der Waals surface area contributed by atoms with Crippen molar-refractivity contribution in [2.45, 2.75) is 20.8 Å². The van der Waals surface area contributed by atoms with Gasteiger partial charge in [0, 0.05) is 19.7 Å². The van der Waals surface area contributed by atoms with E-state index in [2.05, 4.69) is 0 Å². The number of nitrogens with two attached hydrogens (primary N) is 1. The molecule has 0 aromatic heterocycles. The number of nitro benzene ring substituents is 1. The first-order chi connectivity index (χ1) is 11.2. The summed E-state index contributed by atoms with van der Waals surface area (Å²) in [5, 5.41) is 11.3. The van der Waals surface area contributed by atoms with E-state index in [1.54, 1.807) is 14.0 Å². The van der Waals surface area contributed by atoms with E-state index in [0.29, 0.717) is 25.4 Å². The van der Waals surface area contributed by atoms with Crippen LogP contribution in [0.5, 0.6) is 11.5 Å². The Bertz CT molecular complexity index is 616. The van der Waals surface area contributed by atoms with Crippen molar-refractivity contribution in [2.75, 3.05) is 33.9 Å². The maximum atomic E-state index is 12.7. The molecule has 24 heavy (non-hydrogen) atoms. The second-order valence-corrected chi connectivity index (χ2v) is 6.24. The zero-order valence-electron chi connectivity index (χ0n) is 14.8. The van der Waals surface area contributed by atoms with E-state index in [1.165, 1.54) is 24.1 Å². The molecule has 0 fully saturated rings. The quantitative estimate of drug-likeness (QED) is 0.574. The Morgan fingerprint density at radius 1 is 1.38 bits per heavy atom. The third-order valence-electron chi connectivity index (χ3n) is 3.57. The Labute approximate surface area is 141 Å². The van der Waals surface area contributed by atoms with Crippen LogP contribution >= 0.6 is 0 Å². The summed E-state index contributed by atoms with van der Waals surface area (Å²) in [7, 11) is 2.98. The number of nitro groups is 1. The fraction of sp³-hybridized carbons (Fsp3) is 0.562. The van der Waals surface area contributed by atoms with Gasteiger partial charge in [0.25, 0.3) is 11.6 Å². The summed E-state index contributed by atoms with van der Waals surface area (Å²) in [5.74, 6) is 0.0392. The van der Waals surface area contributed by atoms with Gasteiger partial charge in [0.05, 0.1) is 24.7 Å². The van der Waals surface area contributed by atoms with Gasteiger partial charge in [0.1, 0.15) is 5.56 Å². The molecule has 1 aromatic rings. The summed E-state index contributed by atoms with van der Waals surface area (Å²) in [6.07, 6.45) is 0. The lowest BCUT2D eigenvalue weighted by molar-refractivity contribution is -0.385. The van der Waals surface area contributed by atoms with Crippen LogP contribution in [0.4, 0.5) is 5.69 Å². The predicted molar refractivity (Wildman–Crippen MR) is 90.6 cm³/mol. The van der Waals surface area contributed by atoms with Crippen molar-refractivity contribution in [1.82, 2.24) is 4.90 Å². The Morgan fingerprint density at radius 2 is 2.00 bits per heavy atom. The molecule has 0 saturated heterocycles. The van der Waals surface area contributed by atoms with E-state index in [9.17, 15) is 14.9 Å². The molecule has 0 heterocycles. The number of hydrogen-bond donors (Lipinski definition) is 1. The molecular formula is C16H25N3O5. The van der Waals surface area contributed by atoms with Gasteiger partial charge in [-0.25, -0.2) is 0 Å². The summed E-state index contributed by atoms with van der Waals surface area (Å²) in [4.78, 5) is 24.9. The lowest BCUT2D eigenvalue weighted by Crippen LogP contribution is -2.40. The summed E-state index contributed by atoms with van der Waals surface area (Å²) in [5.41, 5.74) is 5.03. The van der Waals surface area contributed by atoms with Crippen LogP contribution in [0.3, 0.4) is 0 Å². The molecule has 1 amide bonds. The number of benzene rings is 1. The van der Waals surface area contributed by atoms with E-state index in [-0.39, 0.29) is 22.4 Å². The standard InChI is InChI=1S/C16H25N3O5/c1-6-24-14-7-11(12(19(21)22)8-13(14)23-5)15(20)18(4)10-16(2,3)9-17/h7-8H,6,9-10,17H2,1-5H3. The van der Waals surface area contributed by atoms with Gasteiger partial charge in [-0.1, -0.05) is 13.8 Å². The normalized spacial score (nSPS) is 11.1. The highest BCUT2D eigenvalue weighted by molar-refractivity contribution is 5.99. The van der Waals surface area contributed by atoms with Crippen LogP contribution in [0.25, 0.3) is 0 Å². The van der Waals surface area contributed by atoms with Crippen LogP contribution < -0.4 is 15.2 Å². The van der Waals surface area contributed by atoms with E-state index >= 15 is 0 Å². The van der Waals surface area contributed by atoms with Gasteiger partial charge in [-0.3, -0.25) is 14.9 Å². The largest absolute Gasteiger partial charge is 0.493 e. The van der Waals surface area contributed by atoms with Crippen molar-refractivity contribution in [3.63, 3.8) is 0 Å². The number of rotatable bonds is 8. The van der Waals surface area contributed by atoms with Crippen molar-refractivity contribution < 1.29 is 19.2 Å². The molecule has 8 heteroatoms. The van der Waals surface area contributed by atoms with E-state index in [1.807, 2.05) is 13.8 Å². The Hall–Kier alpha value is -2.35. The second-order valence-electron chi connectivity index (χ2n) is 6.24. The number of hydrogen-bond acceptors (Lipinski definition) is 6. The van der Waals surface area contributed by atoms with Gasteiger partial charge in [-0.15, -0.1) is 0 Å². The topological polar surface area (TPSA) is 108 Å². The maximum absolute atomic E-state index is 12.7. The highest BCUT2D eigenvalue weighted by atomic mass is 16.6. The minimum Gasteiger partial charge on any atom is -0.493 e. The molecule has 0 unspecified atom stereocenters. The molecule has 0 spiro atoms. The minimum atomic E-state index is -0.604. The lowest BCUT2D eigenvalue weighted by Gasteiger charge is -2.29. The first-order valence-electron chi connectivity index (χ1n) is 7.61. The summed E-state index contributed by atoms with van der Waals surface area (Å²) >= 11 is 0. The van der Waals surface area contributed by atoms with Gasteiger partial charge in [-0.2, -0.15) is 0 Å². The summed E-state index contributed by atoms with van der Waals surface area (Å²) in [6.45, 7) is 6.72. The number of amides is 1. The molecule has 0 atom stereocenters. The van der Waals surface area contributed by atoms with Crippen LogP contribution in [0.15, 0.2) is 12.1 Å².